The molecular weight excluding hydrogens is 334 g/mol. The van der Waals surface area contributed by atoms with Gasteiger partial charge in [-0.15, -0.1) is 0 Å². The first-order valence-electron chi connectivity index (χ1n) is 11.0. The molecule has 1 aliphatic rings. The molecule has 1 aromatic carbocycles. The maximum absolute atomic E-state index is 6.29. The monoisotopic (exact) mass is 373 g/mol. The van der Waals surface area contributed by atoms with Crippen molar-refractivity contribution >= 4 is 6.08 Å². The second-order valence-electron chi connectivity index (χ2n) is 7.61. The number of ether oxygens (including phenoxy) is 2. The van der Waals surface area contributed by atoms with Gasteiger partial charge < -0.3 is 9.47 Å². The van der Waals surface area contributed by atoms with E-state index in [9.17, 15) is 0 Å². The van der Waals surface area contributed by atoms with Crippen LogP contribution in [0.15, 0.2) is 36.4 Å². The Hall–Kier alpha value is -1.16. The molecule has 0 saturated carbocycles. The van der Waals surface area contributed by atoms with Gasteiger partial charge in [0.05, 0.1) is 12.7 Å². The normalized spacial score (nSPS) is 20.7. The molecule has 1 fully saturated rings. The number of nitrogens with zero attached hydrogens (tertiary/aromatic N) is 1. The standard InChI is InChI=1S/C24H39NO2/c1-3-5-7-8-9-13-18-25-20-23(21-26-19-6-4-2)27-24(25)17-16-22-14-11-10-12-15-22/h10-12,14-17,23-24H,3-9,13,18-21H2,1-2H3/b17-16+. The highest BCUT2D eigenvalue weighted by Gasteiger charge is 2.30. The summed E-state index contributed by atoms with van der Waals surface area (Å²) >= 11 is 0. The van der Waals surface area contributed by atoms with E-state index in [2.05, 4.69) is 61.2 Å². The molecule has 1 aliphatic heterocycles. The van der Waals surface area contributed by atoms with Crippen molar-refractivity contribution in [2.24, 2.45) is 0 Å². The molecule has 2 unspecified atom stereocenters. The summed E-state index contributed by atoms with van der Waals surface area (Å²) in [7, 11) is 0. The van der Waals surface area contributed by atoms with Gasteiger partial charge in [-0.25, -0.2) is 0 Å². The van der Waals surface area contributed by atoms with Crippen molar-refractivity contribution in [2.75, 3.05) is 26.3 Å². The van der Waals surface area contributed by atoms with Crippen molar-refractivity contribution < 1.29 is 9.47 Å². The van der Waals surface area contributed by atoms with Crippen LogP contribution in [0.4, 0.5) is 0 Å². The molecule has 2 atom stereocenters. The Morgan fingerprint density at radius 3 is 2.52 bits per heavy atom. The molecular formula is C24H39NO2. The predicted molar refractivity (Wildman–Crippen MR) is 115 cm³/mol. The first-order chi connectivity index (χ1) is 13.3. The Balaban J connectivity index is 1.81. The van der Waals surface area contributed by atoms with Crippen molar-refractivity contribution in [1.82, 2.24) is 4.90 Å². The number of hydrogen-bond acceptors (Lipinski definition) is 3. The zero-order valence-electron chi connectivity index (χ0n) is 17.4. The second-order valence-corrected chi connectivity index (χ2v) is 7.61. The minimum atomic E-state index is 0.0700. The SMILES string of the molecule is CCCCCCCCN1CC(COCCCC)OC1/C=C/c1ccccc1. The Morgan fingerprint density at radius 2 is 1.74 bits per heavy atom. The third-order valence-electron chi connectivity index (χ3n) is 5.13. The third kappa shape index (κ3) is 9.05. The molecule has 3 nitrogen and oxygen atoms in total. The van der Waals surface area contributed by atoms with Crippen molar-refractivity contribution in [3.63, 3.8) is 0 Å². The zero-order chi connectivity index (χ0) is 19.2. The summed E-state index contributed by atoms with van der Waals surface area (Å²) in [5.74, 6) is 0. The molecule has 0 aliphatic carbocycles. The molecule has 0 radical (unpaired) electrons. The number of unbranched alkanes of at least 4 members (excludes halogenated alkanes) is 6. The van der Waals surface area contributed by atoms with Gasteiger partial charge in [0.2, 0.25) is 0 Å². The van der Waals surface area contributed by atoms with Gasteiger partial charge in [-0.2, -0.15) is 0 Å². The fraction of sp³-hybridized carbons (Fsp3) is 0.667. The van der Waals surface area contributed by atoms with E-state index in [4.69, 9.17) is 9.47 Å². The van der Waals surface area contributed by atoms with Crippen LogP contribution in [0, 0.1) is 0 Å². The number of benzene rings is 1. The van der Waals surface area contributed by atoms with Gasteiger partial charge in [-0.1, -0.05) is 88.8 Å². The molecule has 0 bridgehead atoms. The Labute approximate surface area is 166 Å². The van der Waals surface area contributed by atoms with Crippen LogP contribution >= 0.6 is 0 Å². The summed E-state index contributed by atoms with van der Waals surface area (Å²) in [6.45, 7) is 8.11. The lowest BCUT2D eigenvalue weighted by atomic mass is 10.1. The molecule has 0 aromatic heterocycles. The van der Waals surface area contributed by atoms with E-state index >= 15 is 0 Å². The fourth-order valence-corrected chi connectivity index (χ4v) is 3.48. The molecule has 27 heavy (non-hydrogen) atoms. The highest BCUT2D eigenvalue weighted by Crippen LogP contribution is 2.20. The van der Waals surface area contributed by atoms with Crippen LogP contribution in [0.3, 0.4) is 0 Å². The molecule has 1 aromatic rings. The minimum absolute atomic E-state index is 0.0700. The zero-order valence-corrected chi connectivity index (χ0v) is 17.4. The van der Waals surface area contributed by atoms with Crippen molar-refractivity contribution in [3.05, 3.63) is 42.0 Å². The number of hydrogen-bond donors (Lipinski definition) is 0. The predicted octanol–water partition coefficient (Wildman–Crippen LogP) is 5.90. The lowest BCUT2D eigenvalue weighted by Crippen LogP contribution is -2.30. The van der Waals surface area contributed by atoms with Crippen molar-refractivity contribution in [3.8, 4) is 0 Å². The Bertz CT molecular complexity index is 502. The van der Waals surface area contributed by atoms with E-state index in [0.29, 0.717) is 6.61 Å². The summed E-state index contributed by atoms with van der Waals surface area (Å²) in [5.41, 5.74) is 1.23. The van der Waals surface area contributed by atoms with Crippen LogP contribution in [0.5, 0.6) is 0 Å². The molecule has 1 saturated heterocycles. The van der Waals surface area contributed by atoms with Gasteiger partial charge >= 0.3 is 0 Å². The molecule has 0 spiro atoms. The van der Waals surface area contributed by atoms with Crippen LogP contribution in [0.1, 0.15) is 70.8 Å². The van der Waals surface area contributed by atoms with Crippen molar-refractivity contribution in [1.29, 1.82) is 0 Å². The van der Waals surface area contributed by atoms with Crippen LogP contribution in [0.25, 0.3) is 6.08 Å². The largest absolute Gasteiger partial charge is 0.379 e. The van der Waals surface area contributed by atoms with Gasteiger partial charge in [-0.3, -0.25) is 4.90 Å². The van der Waals surface area contributed by atoms with E-state index in [1.54, 1.807) is 0 Å². The summed E-state index contributed by atoms with van der Waals surface area (Å²) < 4.78 is 12.1. The van der Waals surface area contributed by atoms with Crippen molar-refractivity contribution in [2.45, 2.75) is 77.5 Å². The first-order valence-corrected chi connectivity index (χ1v) is 11.0. The summed E-state index contributed by atoms with van der Waals surface area (Å²) in [4.78, 5) is 2.48. The fourth-order valence-electron chi connectivity index (χ4n) is 3.48. The molecule has 0 N–H and O–H groups in total. The van der Waals surface area contributed by atoms with Gasteiger partial charge in [-0.05, 0) is 24.5 Å². The first kappa shape index (κ1) is 22.1. The van der Waals surface area contributed by atoms with Crippen LogP contribution in [-0.2, 0) is 9.47 Å². The average molecular weight is 374 g/mol. The summed E-state index contributed by atoms with van der Waals surface area (Å²) in [5, 5.41) is 0. The second kappa shape index (κ2) is 13.9. The van der Waals surface area contributed by atoms with Gasteiger partial charge in [0.1, 0.15) is 6.23 Å². The van der Waals surface area contributed by atoms with Crippen LogP contribution < -0.4 is 0 Å². The maximum atomic E-state index is 6.29. The Morgan fingerprint density at radius 1 is 1.00 bits per heavy atom. The van der Waals surface area contributed by atoms with E-state index in [1.165, 1.54) is 50.5 Å². The minimum Gasteiger partial charge on any atom is -0.379 e. The van der Waals surface area contributed by atoms with Crippen LogP contribution in [0.2, 0.25) is 0 Å². The highest BCUT2D eigenvalue weighted by atomic mass is 16.6. The molecule has 0 amide bonds. The van der Waals surface area contributed by atoms with Crippen LogP contribution in [-0.4, -0.2) is 43.5 Å². The quantitative estimate of drug-likeness (QED) is 0.379. The topological polar surface area (TPSA) is 21.7 Å². The molecule has 2 rings (SSSR count). The maximum Gasteiger partial charge on any atom is 0.130 e. The van der Waals surface area contributed by atoms with Gasteiger partial charge in [0, 0.05) is 19.7 Å². The lowest BCUT2D eigenvalue weighted by molar-refractivity contribution is -0.0123. The van der Waals surface area contributed by atoms with E-state index < -0.39 is 0 Å². The van der Waals surface area contributed by atoms with E-state index in [-0.39, 0.29) is 12.3 Å². The molecule has 152 valence electrons. The highest BCUT2D eigenvalue weighted by molar-refractivity contribution is 5.49. The number of rotatable bonds is 14. The summed E-state index contributed by atoms with van der Waals surface area (Å²) in [6.07, 6.45) is 14.9. The van der Waals surface area contributed by atoms with Gasteiger partial charge in [0.25, 0.3) is 0 Å². The third-order valence-corrected chi connectivity index (χ3v) is 5.13. The molecule has 3 heteroatoms. The van der Waals surface area contributed by atoms with E-state index in [1.807, 2.05) is 0 Å². The summed E-state index contributed by atoms with van der Waals surface area (Å²) in [6, 6.07) is 10.5. The lowest BCUT2D eigenvalue weighted by Gasteiger charge is -2.19. The Kier molecular flexibility index (Phi) is 11.4. The van der Waals surface area contributed by atoms with E-state index in [0.717, 1.165) is 26.1 Å². The average Bonchev–Trinajstić information content (AvgIpc) is 3.09. The molecule has 1 heterocycles. The van der Waals surface area contributed by atoms with Gasteiger partial charge in [0.15, 0.2) is 0 Å². The smallest absolute Gasteiger partial charge is 0.130 e.